The van der Waals surface area contributed by atoms with E-state index in [9.17, 15) is 0 Å². The van der Waals surface area contributed by atoms with Gasteiger partial charge >= 0.3 is 0 Å². The van der Waals surface area contributed by atoms with Crippen molar-refractivity contribution in [3.63, 3.8) is 0 Å². The Hall–Kier alpha value is -1.42. The normalized spacial score (nSPS) is 16.9. The molecule has 0 amide bonds. The van der Waals surface area contributed by atoms with Gasteiger partial charge in [0.15, 0.2) is 5.96 Å². The van der Waals surface area contributed by atoms with Crippen LogP contribution in [0.1, 0.15) is 13.8 Å². The fourth-order valence-electron chi connectivity index (χ4n) is 2.24. The summed E-state index contributed by atoms with van der Waals surface area (Å²) in [6, 6.07) is 7.99. The van der Waals surface area contributed by atoms with Crippen LogP contribution < -0.4 is 10.6 Å². The van der Waals surface area contributed by atoms with Gasteiger partial charge in [0.05, 0.1) is 0 Å². The number of benzene rings is 1. The highest BCUT2D eigenvalue weighted by molar-refractivity contribution is 6.30. The third-order valence-corrected chi connectivity index (χ3v) is 3.63. The molecule has 0 saturated carbocycles. The Morgan fingerprint density at radius 1 is 1.30 bits per heavy atom. The lowest BCUT2D eigenvalue weighted by molar-refractivity contribution is 0.380. The van der Waals surface area contributed by atoms with Crippen molar-refractivity contribution >= 4 is 23.2 Å². The Morgan fingerprint density at radius 3 is 2.60 bits per heavy atom. The van der Waals surface area contributed by atoms with Gasteiger partial charge in [-0.2, -0.15) is 0 Å². The van der Waals surface area contributed by atoms with Crippen molar-refractivity contribution in [3.05, 3.63) is 29.3 Å². The lowest BCUT2D eigenvalue weighted by atomic mass is 10.2. The third-order valence-electron chi connectivity index (χ3n) is 3.40. The summed E-state index contributed by atoms with van der Waals surface area (Å²) in [5.41, 5.74) is 7.22. The monoisotopic (exact) mass is 294 g/mol. The molecule has 0 aliphatic carbocycles. The molecule has 1 fully saturated rings. The predicted molar refractivity (Wildman–Crippen MR) is 86.6 cm³/mol. The fraction of sp³-hybridized carbons (Fsp3) is 0.533. The number of guanidine groups is 1. The molecule has 1 heterocycles. The maximum Gasteiger partial charge on any atom is 0.191 e. The van der Waals surface area contributed by atoms with Crippen LogP contribution in [0.5, 0.6) is 0 Å². The van der Waals surface area contributed by atoms with E-state index in [1.54, 1.807) is 0 Å². The fourth-order valence-corrected chi connectivity index (χ4v) is 2.43. The van der Waals surface area contributed by atoms with Crippen LogP contribution in [0.25, 0.3) is 0 Å². The van der Waals surface area contributed by atoms with Crippen molar-refractivity contribution in [2.45, 2.75) is 13.8 Å². The first-order valence-electron chi connectivity index (χ1n) is 7.11. The van der Waals surface area contributed by atoms with Crippen LogP contribution in [0.15, 0.2) is 29.3 Å². The van der Waals surface area contributed by atoms with Gasteiger partial charge in [-0.25, -0.2) is 0 Å². The Labute approximate surface area is 126 Å². The summed E-state index contributed by atoms with van der Waals surface area (Å²) in [7, 11) is 0. The van der Waals surface area contributed by atoms with E-state index in [0.29, 0.717) is 11.9 Å². The summed E-state index contributed by atoms with van der Waals surface area (Å²) in [6.45, 7) is 8.78. The largest absolute Gasteiger partial charge is 0.370 e. The van der Waals surface area contributed by atoms with E-state index < -0.39 is 0 Å². The van der Waals surface area contributed by atoms with E-state index in [1.165, 1.54) is 5.69 Å². The SMILES string of the molecule is CC(C)CN=C(N)N1CCN(c2cccc(Cl)c2)CC1. The highest BCUT2D eigenvalue weighted by Crippen LogP contribution is 2.20. The molecule has 1 aromatic rings. The zero-order chi connectivity index (χ0) is 14.5. The predicted octanol–water partition coefficient (Wildman–Crippen LogP) is 2.43. The third kappa shape index (κ3) is 4.04. The molecule has 20 heavy (non-hydrogen) atoms. The van der Waals surface area contributed by atoms with Crippen molar-refractivity contribution in [1.82, 2.24) is 4.90 Å². The molecule has 0 unspecified atom stereocenters. The zero-order valence-corrected chi connectivity index (χ0v) is 13.0. The average molecular weight is 295 g/mol. The Morgan fingerprint density at radius 2 is 2.00 bits per heavy atom. The van der Waals surface area contributed by atoms with Gasteiger partial charge in [0.2, 0.25) is 0 Å². The van der Waals surface area contributed by atoms with E-state index in [0.717, 1.165) is 37.7 Å². The molecule has 2 N–H and O–H groups in total. The molecule has 0 aromatic heterocycles. The number of hydrogen-bond acceptors (Lipinski definition) is 2. The van der Waals surface area contributed by atoms with Crippen molar-refractivity contribution in [3.8, 4) is 0 Å². The highest BCUT2D eigenvalue weighted by atomic mass is 35.5. The first-order valence-corrected chi connectivity index (χ1v) is 7.49. The molecule has 1 aliphatic rings. The number of rotatable bonds is 3. The molecule has 4 nitrogen and oxygen atoms in total. The van der Waals surface area contributed by atoms with Crippen LogP contribution in [0.4, 0.5) is 5.69 Å². The first-order chi connectivity index (χ1) is 9.56. The van der Waals surface area contributed by atoms with E-state index >= 15 is 0 Å². The van der Waals surface area contributed by atoms with Gasteiger partial charge in [-0.05, 0) is 24.1 Å². The molecule has 1 aromatic carbocycles. The summed E-state index contributed by atoms with van der Waals surface area (Å²) >= 11 is 6.04. The molecular weight excluding hydrogens is 272 g/mol. The quantitative estimate of drug-likeness (QED) is 0.688. The summed E-state index contributed by atoms with van der Waals surface area (Å²) < 4.78 is 0. The number of aliphatic imine (C=N–C) groups is 1. The standard InChI is InChI=1S/C15H23ClN4/c1-12(2)11-18-15(17)20-8-6-19(7-9-20)14-5-3-4-13(16)10-14/h3-5,10,12H,6-9,11H2,1-2H3,(H2,17,18). The van der Waals surface area contributed by atoms with E-state index in [2.05, 4.69) is 34.7 Å². The van der Waals surface area contributed by atoms with Crippen molar-refractivity contribution < 1.29 is 0 Å². The van der Waals surface area contributed by atoms with Crippen molar-refractivity contribution in [2.24, 2.45) is 16.6 Å². The number of halogens is 1. The summed E-state index contributed by atoms with van der Waals surface area (Å²) in [4.78, 5) is 8.93. The van der Waals surface area contributed by atoms with E-state index in [-0.39, 0.29) is 0 Å². The van der Waals surface area contributed by atoms with Gasteiger partial charge in [0, 0.05) is 43.4 Å². The molecule has 2 rings (SSSR count). The van der Waals surface area contributed by atoms with Crippen molar-refractivity contribution in [1.29, 1.82) is 0 Å². The molecular formula is C15H23ClN4. The van der Waals surface area contributed by atoms with Gasteiger partial charge in [0.25, 0.3) is 0 Å². The van der Waals surface area contributed by atoms with E-state index in [1.807, 2.05) is 18.2 Å². The van der Waals surface area contributed by atoms with Crippen LogP contribution in [0, 0.1) is 5.92 Å². The van der Waals surface area contributed by atoms with Gasteiger partial charge in [-0.1, -0.05) is 31.5 Å². The van der Waals surface area contributed by atoms with Crippen LogP contribution >= 0.6 is 11.6 Å². The number of hydrogen-bond donors (Lipinski definition) is 1. The topological polar surface area (TPSA) is 44.9 Å². The Kier molecular flexibility index (Phi) is 5.12. The maximum absolute atomic E-state index is 6.04. The van der Waals surface area contributed by atoms with E-state index in [4.69, 9.17) is 17.3 Å². The molecule has 0 spiro atoms. The van der Waals surface area contributed by atoms with Gasteiger partial charge in [-0.15, -0.1) is 0 Å². The van der Waals surface area contributed by atoms with Crippen LogP contribution in [-0.4, -0.2) is 43.6 Å². The molecule has 110 valence electrons. The van der Waals surface area contributed by atoms with Gasteiger partial charge in [0.1, 0.15) is 0 Å². The Bertz CT molecular complexity index is 465. The second-order valence-electron chi connectivity index (χ2n) is 5.55. The van der Waals surface area contributed by atoms with Crippen LogP contribution in [-0.2, 0) is 0 Å². The second kappa shape index (κ2) is 6.84. The molecule has 0 atom stereocenters. The average Bonchev–Trinajstić information content (AvgIpc) is 2.45. The zero-order valence-electron chi connectivity index (χ0n) is 12.2. The minimum Gasteiger partial charge on any atom is -0.370 e. The van der Waals surface area contributed by atoms with Crippen LogP contribution in [0.3, 0.4) is 0 Å². The molecule has 5 heteroatoms. The summed E-state index contributed by atoms with van der Waals surface area (Å²) in [5, 5.41) is 0.780. The number of nitrogens with zero attached hydrogens (tertiary/aromatic N) is 3. The second-order valence-corrected chi connectivity index (χ2v) is 5.98. The number of piperazine rings is 1. The Balaban J connectivity index is 1.91. The molecule has 1 aliphatic heterocycles. The van der Waals surface area contributed by atoms with Gasteiger partial charge < -0.3 is 15.5 Å². The molecule has 1 saturated heterocycles. The van der Waals surface area contributed by atoms with Gasteiger partial charge in [-0.3, -0.25) is 4.99 Å². The highest BCUT2D eigenvalue weighted by Gasteiger charge is 2.18. The molecule has 0 radical (unpaired) electrons. The summed E-state index contributed by atoms with van der Waals surface area (Å²) in [6.07, 6.45) is 0. The minimum absolute atomic E-state index is 0.543. The number of anilines is 1. The van der Waals surface area contributed by atoms with Crippen molar-refractivity contribution in [2.75, 3.05) is 37.6 Å². The minimum atomic E-state index is 0.543. The maximum atomic E-state index is 6.04. The lowest BCUT2D eigenvalue weighted by Gasteiger charge is -2.36. The summed E-state index contributed by atoms with van der Waals surface area (Å²) in [5.74, 6) is 1.21. The number of nitrogens with two attached hydrogens (primary N) is 1. The lowest BCUT2D eigenvalue weighted by Crippen LogP contribution is -2.51. The smallest absolute Gasteiger partial charge is 0.191 e. The first kappa shape index (κ1) is 15.0. The van der Waals surface area contributed by atoms with Crippen LogP contribution in [0.2, 0.25) is 5.02 Å². The molecule has 0 bridgehead atoms.